The maximum absolute atomic E-state index is 12.7. The Morgan fingerprint density at radius 3 is 2.47 bits per heavy atom. The van der Waals surface area contributed by atoms with Crippen LogP contribution in [0.3, 0.4) is 0 Å². The van der Waals surface area contributed by atoms with Crippen molar-refractivity contribution in [3.05, 3.63) is 82.3 Å². The molecule has 0 aliphatic rings. The van der Waals surface area contributed by atoms with Gasteiger partial charge in [-0.15, -0.1) is 0 Å². The van der Waals surface area contributed by atoms with Crippen LogP contribution in [0.5, 0.6) is 11.5 Å². The van der Waals surface area contributed by atoms with E-state index in [2.05, 4.69) is 10.0 Å². The molecular weight excluding hydrogens is 475 g/mol. The van der Waals surface area contributed by atoms with E-state index in [9.17, 15) is 13.2 Å². The second-order valence-corrected chi connectivity index (χ2v) is 9.01. The minimum absolute atomic E-state index is 0.0332. The Bertz CT molecular complexity index is 1220. The average molecular weight is 495 g/mol. The van der Waals surface area contributed by atoms with Crippen molar-refractivity contribution in [1.82, 2.24) is 5.32 Å². The van der Waals surface area contributed by atoms with Gasteiger partial charge < -0.3 is 14.8 Å². The molecular formula is C22H20Cl2N2O5S. The Hall–Kier alpha value is -2.94. The van der Waals surface area contributed by atoms with Crippen molar-refractivity contribution < 1.29 is 22.7 Å². The maximum Gasteiger partial charge on any atom is 0.263 e. The van der Waals surface area contributed by atoms with Gasteiger partial charge in [0, 0.05) is 16.3 Å². The van der Waals surface area contributed by atoms with Gasteiger partial charge >= 0.3 is 0 Å². The number of rotatable bonds is 9. The normalized spacial score (nSPS) is 11.0. The van der Waals surface area contributed by atoms with Crippen LogP contribution in [0.4, 0.5) is 5.69 Å². The average Bonchev–Trinajstić information content (AvgIpc) is 2.78. The Labute approximate surface area is 196 Å². The molecule has 10 heteroatoms. The van der Waals surface area contributed by atoms with Gasteiger partial charge in [0.2, 0.25) is 0 Å². The minimum Gasteiger partial charge on any atom is -0.493 e. The Balaban J connectivity index is 1.61. The summed E-state index contributed by atoms with van der Waals surface area (Å²) in [6.45, 7) is 0.469. The molecule has 32 heavy (non-hydrogen) atoms. The van der Waals surface area contributed by atoms with Crippen molar-refractivity contribution in [2.24, 2.45) is 0 Å². The highest BCUT2D eigenvalue weighted by molar-refractivity contribution is 7.92. The Morgan fingerprint density at radius 2 is 1.72 bits per heavy atom. The fraction of sp³-hybridized carbons (Fsp3) is 0.136. The van der Waals surface area contributed by atoms with Crippen molar-refractivity contribution in [3.8, 4) is 11.5 Å². The standard InChI is InChI=1S/C22H20Cl2N2O5S/c1-30-19-7-2-3-8-20(19)31-12-11-25-22(27)15-5-4-6-17(13-15)26-32(28,29)21-14-16(23)9-10-18(21)24/h2-10,13-14,26H,11-12H2,1H3,(H,25,27). The molecule has 0 radical (unpaired) electrons. The van der Waals surface area contributed by atoms with E-state index in [1.54, 1.807) is 31.4 Å². The predicted octanol–water partition coefficient (Wildman–Crippen LogP) is 4.61. The zero-order valence-electron chi connectivity index (χ0n) is 17.0. The summed E-state index contributed by atoms with van der Waals surface area (Å²) in [5.41, 5.74) is 0.485. The van der Waals surface area contributed by atoms with Gasteiger partial charge in [0.15, 0.2) is 11.5 Å². The van der Waals surface area contributed by atoms with E-state index >= 15 is 0 Å². The summed E-state index contributed by atoms with van der Waals surface area (Å²) in [6, 6.07) is 17.4. The Kier molecular flexibility index (Phi) is 7.84. The van der Waals surface area contributed by atoms with Crippen molar-refractivity contribution in [1.29, 1.82) is 0 Å². The van der Waals surface area contributed by atoms with E-state index in [-0.39, 0.29) is 45.3 Å². The second kappa shape index (κ2) is 10.6. The van der Waals surface area contributed by atoms with Crippen LogP contribution >= 0.6 is 23.2 Å². The van der Waals surface area contributed by atoms with Crippen LogP contribution in [-0.4, -0.2) is 34.6 Å². The maximum atomic E-state index is 12.7. The predicted molar refractivity (Wildman–Crippen MR) is 125 cm³/mol. The molecule has 0 fully saturated rings. The lowest BCUT2D eigenvalue weighted by atomic mass is 10.2. The molecule has 0 bridgehead atoms. The number of hydrogen-bond acceptors (Lipinski definition) is 5. The number of carbonyl (C=O) groups is 1. The van der Waals surface area contributed by atoms with E-state index < -0.39 is 10.0 Å². The number of carbonyl (C=O) groups excluding carboxylic acids is 1. The molecule has 1 amide bonds. The summed E-state index contributed by atoms with van der Waals surface area (Å²) in [4.78, 5) is 12.3. The van der Waals surface area contributed by atoms with E-state index in [0.29, 0.717) is 11.5 Å². The van der Waals surface area contributed by atoms with Crippen LogP contribution in [0.2, 0.25) is 10.0 Å². The molecule has 0 aromatic heterocycles. The number of methoxy groups -OCH3 is 1. The summed E-state index contributed by atoms with van der Waals surface area (Å²) < 4.78 is 38.6. The summed E-state index contributed by atoms with van der Waals surface area (Å²) in [6.07, 6.45) is 0. The van der Waals surface area contributed by atoms with Crippen molar-refractivity contribution in [3.63, 3.8) is 0 Å². The summed E-state index contributed by atoms with van der Waals surface area (Å²) in [5, 5.41) is 2.99. The zero-order chi connectivity index (χ0) is 23.1. The molecule has 0 aliphatic carbocycles. The highest BCUT2D eigenvalue weighted by Crippen LogP contribution is 2.27. The number of sulfonamides is 1. The number of amides is 1. The van der Waals surface area contributed by atoms with E-state index in [1.165, 1.54) is 30.3 Å². The highest BCUT2D eigenvalue weighted by Gasteiger charge is 2.19. The number of anilines is 1. The van der Waals surface area contributed by atoms with E-state index in [1.807, 2.05) is 12.1 Å². The van der Waals surface area contributed by atoms with Gasteiger partial charge in [-0.3, -0.25) is 9.52 Å². The minimum atomic E-state index is -4.00. The number of hydrogen-bond donors (Lipinski definition) is 2. The molecule has 3 aromatic carbocycles. The molecule has 0 heterocycles. The first-order valence-electron chi connectivity index (χ1n) is 9.42. The fourth-order valence-corrected chi connectivity index (χ4v) is 4.60. The fourth-order valence-electron chi connectivity index (χ4n) is 2.78. The highest BCUT2D eigenvalue weighted by atomic mass is 35.5. The number of nitrogens with one attached hydrogen (secondary N) is 2. The lowest BCUT2D eigenvalue weighted by molar-refractivity contribution is 0.0947. The number of benzene rings is 3. The quantitative estimate of drug-likeness (QED) is 0.423. The van der Waals surface area contributed by atoms with Gasteiger partial charge in [0.25, 0.3) is 15.9 Å². The van der Waals surface area contributed by atoms with Crippen LogP contribution < -0.4 is 19.5 Å². The van der Waals surface area contributed by atoms with Gasteiger partial charge in [-0.1, -0.05) is 41.4 Å². The zero-order valence-corrected chi connectivity index (χ0v) is 19.3. The summed E-state index contributed by atoms with van der Waals surface area (Å²) in [7, 11) is -2.45. The first-order valence-corrected chi connectivity index (χ1v) is 11.7. The first-order chi connectivity index (χ1) is 15.3. The summed E-state index contributed by atoms with van der Waals surface area (Å²) in [5.74, 6) is 0.786. The Morgan fingerprint density at radius 1 is 0.969 bits per heavy atom. The third-order valence-electron chi connectivity index (χ3n) is 4.27. The molecule has 0 saturated carbocycles. The number of halogens is 2. The second-order valence-electron chi connectivity index (χ2n) is 6.52. The van der Waals surface area contributed by atoms with Crippen molar-refractivity contribution >= 4 is 44.8 Å². The molecule has 0 aliphatic heterocycles. The molecule has 7 nitrogen and oxygen atoms in total. The lowest BCUT2D eigenvalue weighted by Crippen LogP contribution is -2.28. The van der Waals surface area contributed by atoms with E-state index in [4.69, 9.17) is 32.7 Å². The van der Waals surface area contributed by atoms with Gasteiger partial charge in [0.05, 0.1) is 18.7 Å². The van der Waals surface area contributed by atoms with Crippen LogP contribution in [0.25, 0.3) is 0 Å². The SMILES string of the molecule is COc1ccccc1OCCNC(=O)c1cccc(NS(=O)(=O)c2cc(Cl)ccc2Cl)c1. The van der Waals surface area contributed by atoms with Gasteiger partial charge in [0.1, 0.15) is 11.5 Å². The molecule has 168 valence electrons. The molecule has 2 N–H and O–H groups in total. The lowest BCUT2D eigenvalue weighted by Gasteiger charge is -2.12. The van der Waals surface area contributed by atoms with Crippen LogP contribution in [-0.2, 0) is 10.0 Å². The third-order valence-corrected chi connectivity index (χ3v) is 6.37. The van der Waals surface area contributed by atoms with Crippen molar-refractivity contribution in [2.45, 2.75) is 4.90 Å². The molecule has 3 rings (SSSR count). The number of ether oxygens (including phenoxy) is 2. The molecule has 0 spiro atoms. The largest absolute Gasteiger partial charge is 0.493 e. The number of para-hydroxylation sites is 2. The van der Waals surface area contributed by atoms with Gasteiger partial charge in [-0.05, 0) is 48.5 Å². The molecule has 0 atom stereocenters. The van der Waals surface area contributed by atoms with Crippen LogP contribution in [0, 0.1) is 0 Å². The van der Waals surface area contributed by atoms with Crippen molar-refractivity contribution in [2.75, 3.05) is 25.0 Å². The monoisotopic (exact) mass is 494 g/mol. The van der Waals surface area contributed by atoms with Crippen LogP contribution in [0.1, 0.15) is 10.4 Å². The topological polar surface area (TPSA) is 93.7 Å². The van der Waals surface area contributed by atoms with Crippen LogP contribution in [0.15, 0.2) is 71.6 Å². The molecule has 0 saturated heterocycles. The molecule has 0 unspecified atom stereocenters. The van der Waals surface area contributed by atoms with Gasteiger partial charge in [-0.2, -0.15) is 0 Å². The molecule has 3 aromatic rings. The van der Waals surface area contributed by atoms with E-state index in [0.717, 1.165) is 0 Å². The third kappa shape index (κ3) is 6.06. The summed E-state index contributed by atoms with van der Waals surface area (Å²) >= 11 is 11.9. The first kappa shape index (κ1) is 23.7. The smallest absolute Gasteiger partial charge is 0.263 e. The van der Waals surface area contributed by atoms with Gasteiger partial charge in [-0.25, -0.2) is 8.42 Å².